The Labute approximate surface area is 109 Å². The van der Waals surface area contributed by atoms with Crippen LogP contribution in [0.15, 0.2) is 23.1 Å². The molecule has 19 heavy (non-hydrogen) atoms. The molecule has 2 rings (SSSR count). The lowest BCUT2D eigenvalue weighted by Crippen LogP contribution is -2.42. The van der Waals surface area contributed by atoms with Crippen LogP contribution in [0.3, 0.4) is 0 Å². The maximum absolute atomic E-state index is 11.7. The van der Waals surface area contributed by atoms with Gasteiger partial charge in [-0.15, -0.1) is 0 Å². The number of H-pyrrole nitrogens is 1. The first-order chi connectivity index (χ1) is 9.16. The second-order valence-electron chi connectivity index (χ2n) is 4.01. The summed E-state index contributed by atoms with van der Waals surface area (Å²) in [5.41, 5.74) is -0.102. The van der Waals surface area contributed by atoms with Gasteiger partial charge in [0.2, 0.25) is 5.56 Å². The molecule has 0 spiro atoms. The first-order valence-corrected chi connectivity index (χ1v) is 5.88. The van der Waals surface area contributed by atoms with E-state index in [-0.39, 0.29) is 23.6 Å². The Bertz CT molecular complexity index is 499. The summed E-state index contributed by atoms with van der Waals surface area (Å²) < 4.78 is 10.0. The highest BCUT2D eigenvalue weighted by Gasteiger charge is 2.18. The van der Waals surface area contributed by atoms with Crippen LogP contribution in [0.1, 0.15) is 10.4 Å². The van der Waals surface area contributed by atoms with Gasteiger partial charge in [-0.25, -0.2) is 4.79 Å². The predicted octanol–water partition coefficient (Wildman–Crippen LogP) is -0.610. The molecule has 1 aliphatic heterocycles. The summed E-state index contributed by atoms with van der Waals surface area (Å²) in [5, 5.41) is 0. The van der Waals surface area contributed by atoms with Crippen molar-refractivity contribution in [2.75, 3.05) is 32.9 Å². The second-order valence-corrected chi connectivity index (χ2v) is 4.01. The Morgan fingerprint density at radius 3 is 2.68 bits per heavy atom. The maximum Gasteiger partial charge on any atom is 0.340 e. The average molecular weight is 266 g/mol. The van der Waals surface area contributed by atoms with E-state index >= 15 is 0 Å². The number of nitrogens with one attached hydrogen (secondary N) is 1. The largest absolute Gasteiger partial charge is 0.452 e. The zero-order valence-electron chi connectivity index (χ0n) is 10.3. The normalized spacial score (nSPS) is 15.1. The SMILES string of the molecule is O=C(OCC(=O)N1CCOCC1)c1ccc(=O)[nH]c1. The van der Waals surface area contributed by atoms with E-state index in [0.29, 0.717) is 26.3 Å². The van der Waals surface area contributed by atoms with Gasteiger partial charge in [0.1, 0.15) is 0 Å². The molecule has 1 fully saturated rings. The molecule has 0 radical (unpaired) electrons. The quantitative estimate of drug-likeness (QED) is 0.737. The Morgan fingerprint density at radius 2 is 2.05 bits per heavy atom. The number of aromatic amines is 1. The van der Waals surface area contributed by atoms with Crippen LogP contribution < -0.4 is 5.56 Å². The number of amides is 1. The van der Waals surface area contributed by atoms with Gasteiger partial charge in [-0.05, 0) is 6.07 Å². The molecular weight excluding hydrogens is 252 g/mol. The average Bonchev–Trinajstić information content (AvgIpc) is 2.46. The minimum atomic E-state index is -0.641. The molecule has 0 aliphatic carbocycles. The molecule has 7 heteroatoms. The third-order valence-electron chi connectivity index (χ3n) is 2.71. The number of hydrogen-bond acceptors (Lipinski definition) is 5. The van der Waals surface area contributed by atoms with Gasteiger partial charge < -0.3 is 19.4 Å². The van der Waals surface area contributed by atoms with Crippen LogP contribution in [-0.2, 0) is 14.3 Å². The number of pyridine rings is 1. The van der Waals surface area contributed by atoms with Crippen molar-refractivity contribution in [2.45, 2.75) is 0 Å². The number of carbonyl (C=O) groups is 2. The molecule has 1 aromatic heterocycles. The third-order valence-corrected chi connectivity index (χ3v) is 2.71. The summed E-state index contributed by atoms with van der Waals surface area (Å²) in [6, 6.07) is 2.57. The van der Waals surface area contributed by atoms with Crippen molar-refractivity contribution >= 4 is 11.9 Å². The second kappa shape index (κ2) is 6.14. The monoisotopic (exact) mass is 266 g/mol. The van der Waals surface area contributed by atoms with E-state index in [1.54, 1.807) is 4.90 Å². The molecule has 0 bridgehead atoms. The van der Waals surface area contributed by atoms with Gasteiger partial charge in [0.05, 0.1) is 18.8 Å². The van der Waals surface area contributed by atoms with E-state index in [0.717, 1.165) is 0 Å². The first-order valence-electron chi connectivity index (χ1n) is 5.88. The highest BCUT2D eigenvalue weighted by atomic mass is 16.5. The predicted molar refractivity (Wildman–Crippen MR) is 64.7 cm³/mol. The smallest absolute Gasteiger partial charge is 0.340 e. The Balaban J connectivity index is 1.84. The number of rotatable bonds is 3. The van der Waals surface area contributed by atoms with Crippen LogP contribution in [0.4, 0.5) is 0 Å². The van der Waals surface area contributed by atoms with Crippen molar-refractivity contribution in [3.05, 3.63) is 34.2 Å². The number of ether oxygens (including phenoxy) is 2. The fourth-order valence-corrected chi connectivity index (χ4v) is 1.65. The summed E-state index contributed by atoms with van der Waals surface area (Å²) in [6.45, 7) is 1.71. The van der Waals surface area contributed by atoms with E-state index in [4.69, 9.17) is 9.47 Å². The minimum Gasteiger partial charge on any atom is -0.452 e. The molecule has 7 nitrogen and oxygen atoms in total. The van der Waals surface area contributed by atoms with Crippen molar-refractivity contribution in [3.8, 4) is 0 Å². The van der Waals surface area contributed by atoms with Crippen LogP contribution in [-0.4, -0.2) is 54.7 Å². The maximum atomic E-state index is 11.7. The van der Waals surface area contributed by atoms with Gasteiger partial charge in [-0.3, -0.25) is 9.59 Å². The highest BCUT2D eigenvalue weighted by molar-refractivity contribution is 5.90. The summed E-state index contributed by atoms with van der Waals surface area (Å²) in [7, 11) is 0. The van der Waals surface area contributed by atoms with Gasteiger partial charge >= 0.3 is 5.97 Å². The number of carbonyl (C=O) groups excluding carboxylic acids is 2. The standard InChI is InChI=1S/C12H14N2O5/c15-10-2-1-9(7-13-10)12(17)19-8-11(16)14-3-5-18-6-4-14/h1-2,7H,3-6,8H2,(H,13,15). The topological polar surface area (TPSA) is 88.7 Å². The fourth-order valence-electron chi connectivity index (χ4n) is 1.65. The molecule has 102 valence electrons. The van der Waals surface area contributed by atoms with E-state index in [9.17, 15) is 14.4 Å². The lowest BCUT2D eigenvalue weighted by atomic mass is 10.3. The van der Waals surface area contributed by atoms with Gasteiger partial charge in [0.25, 0.3) is 5.91 Å². The summed E-state index contributed by atoms with van der Waals surface area (Å²) in [4.78, 5) is 38.1. The van der Waals surface area contributed by atoms with Crippen LogP contribution in [0.25, 0.3) is 0 Å². The molecule has 2 heterocycles. The molecule has 1 aromatic rings. The molecule has 1 saturated heterocycles. The summed E-state index contributed by atoms with van der Waals surface area (Å²) in [6.07, 6.45) is 1.25. The van der Waals surface area contributed by atoms with E-state index < -0.39 is 5.97 Å². The molecule has 1 amide bonds. The molecule has 0 saturated carbocycles. The Kier molecular flexibility index (Phi) is 4.30. The van der Waals surface area contributed by atoms with Crippen LogP contribution >= 0.6 is 0 Å². The van der Waals surface area contributed by atoms with E-state index in [1.807, 2.05) is 0 Å². The number of morpholine rings is 1. The molecular formula is C12H14N2O5. The zero-order chi connectivity index (χ0) is 13.7. The third kappa shape index (κ3) is 3.65. The fraction of sp³-hybridized carbons (Fsp3) is 0.417. The van der Waals surface area contributed by atoms with Crippen molar-refractivity contribution in [3.63, 3.8) is 0 Å². The Morgan fingerprint density at radius 1 is 1.32 bits per heavy atom. The van der Waals surface area contributed by atoms with Crippen molar-refractivity contribution < 1.29 is 19.1 Å². The number of nitrogens with zero attached hydrogens (tertiary/aromatic N) is 1. The minimum absolute atomic E-state index is 0.203. The number of aromatic nitrogens is 1. The summed E-state index contributed by atoms with van der Waals surface area (Å²) in [5.74, 6) is -0.890. The van der Waals surface area contributed by atoms with Crippen LogP contribution in [0.5, 0.6) is 0 Å². The van der Waals surface area contributed by atoms with Crippen molar-refractivity contribution in [2.24, 2.45) is 0 Å². The Hall–Kier alpha value is -2.15. The van der Waals surface area contributed by atoms with Gasteiger partial charge in [0, 0.05) is 25.4 Å². The number of esters is 1. The lowest BCUT2D eigenvalue weighted by molar-refractivity contribution is -0.138. The van der Waals surface area contributed by atoms with Crippen LogP contribution in [0.2, 0.25) is 0 Å². The van der Waals surface area contributed by atoms with Crippen LogP contribution in [0, 0.1) is 0 Å². The van der Waals surface area contributed by atoms with Gasteiger partial charge in [-0.1, -0.05) is 0 Å². The van der Waals surface area contributed by atoms with Crippen molar-refractivity contribution in [1.29, 1.82) is 0 Å². The highest BCUT2D eigenvalue weighted by Crippen LogP contribution is 2.01. The lowest BCUT2D eigenvalue weighted by Gasteiger charge is -2.26. The molecule has 0 unspecified atom stereocenters. The van der Waals surface area contributed by atoms with Gasteiger partial charge in [-0.2, -0.15) is 0 Å². The zero-order valence-corrected chi connectivity index (χ0v) is 10.3. The first kappa shape index (κ1) is 13.3. The number of hydrogen-bond donors (Lipinski definition) is 1. The van der Waals surface area contributed by atoms with E-state index in [1.165, 1.54) is 18.3 Å². The molecule has 1 aliphatic rings. The van der Waals surface area contributed by atoms with E-state index in [2.05, 4.69) is 4.98 Å². The van der Waals surface area contributed by atoms with Gasteiger partial charge in [0.15, 0.2) is 6.61 Å². The molecule has 0 atom stereocenters. The van der Waals surface area contributed by atoms with Crippen molar-refractivity contribution in [1.82, 2.24) is 9.88 Å². The summed E-state index contributed by atoms with van der Waals surface area (Å²) >= 11 is 0. The molecule has 0 aromatic carbocycles. The molecule has 1 N–H and O–H groups in total.